The second-order valence-corrected chi connectivity index (χ2v) is 14.3. The number of nitrogens with zero attached hydrogens (tertiary/aromatic N) is 8. The van der Waals surface area contributed by atoms with Crippen LogP contribution in [0, 0.1) is 11.8 Å². The highest BCUT2D eigenvalue weighted by molar-refractivity contribution is 5.94. The van der Waals surface area contributed by atoms with Gasteiger partial charge in [-0.05, 0) is 57.4 Å². The highest BCUT2D eigenvalue weighted by Gasteiger charge is 2.68. The quantitative estimate of drug-likeness (QED) is 0.132. The molecule has 4 aromatic heterocycles. The van der Waals surface area contributed by atoms with E-state index < -0.39 is 41.5 Å². The molecule has 8 rings (SSSR count). The number of benzene rings is 1. The molecule has 2 aliphatic carbocycles. The summed E-state index contributed by atoms with van der Waals surface area (Å²) in [4.78, 5) is 65.8. The second-order valence-electron chi connectivity index (χ2n) is 14.3. The third-order valence-electron chi connectivity index (χ3n) is 10.3. The van der Waals surface area contributed by atoms with Crippen molar-refractivity contribution in [2.75, 3.05) is 30.8 Å². The van der Waals surface area contributed by atoms with E-state index in [2.05, 4.69) is 40.5 Å². The molecule has 5 aromatic rings. The number of hydrogen-bond acceptors (Lipinski definition) is 15. The molecule has 18 heteroatoms. The zero-order chi connectivity index (χ0) is 37.9. The predicted octanol–water partition coefficient (Wildman–Crippen LogP) is 4.63. The van der Waals surface area contributed by atoms with Crippen LogP contribution in [0.1, 0.15) is 81.6 Å². The fourth-order valence-corrected chi connectivity index (χ4v) is 6.98. The number of imidazole rings is 2. The largest absolute Gasteiger partial charge is 0.465 e. The molecule has 5 heterocycles. The first-order valence-electron chi connectivity index (χ1n) is 17.7. The molecular weight excluding hydrogens is 703 g/mol. The van der Waals surface area contributed by atoms with Gasteiger partial charge in [-0.2, -0.15) is 0 Å². The topological polar surface area (TPSA) is 199 Å². The first-order chi connectivity index (χ1) is 25.9. The maximum Gasteiger partial charge on any atom is 0.338 e. The molecule has 4 atom stereocenters. The van der Waals surface area contributed by atoms with Crippen LogP contribution in [-0.4, -0.2) is 88.4 Å². The molecule has 2 saturated carbocycles. The summed E-state index contributed by atoms with van der Waals surface area (Å²) in [7, 11) is 1.18. The van der Waals surface area contributed by atoms with Crippen LogP contribution in [0.5, 0.6) is 5.75 Å². The summed E-state index contributed by atoms with van der Waals surface area (Å²) >= 11 is 0. The van der Waals surface area contributed by atoms with Crippen LogP contribution in [0.25, 0.3) is 28.0 Å². The smallest absolute Gasteiger partial charge is 0.338 e. The van der Waals surface area contributed by atoms with Gasteiger partial charge in [0.25, 0.3) is 0 Å². The Morgan fingerprint density at radius 1 is 0.870 bits per heavy atom. The van der Waals surface area contributed by atoms with Crippen LogP contribution < -0.4 is 15.4 Å². The first kappa shape index (κ1) is 35.3. The van der Waals surface area contributed by atoms with Crippen molar-refractivity contribution in [2.45, 2.75) is 77.0 Å². The van der Waals surface area contributed by atoms with Gasteiger partial charge in [0, 0.05) is 38.6 Å². The zero-order valence-corrected chi connectivity index (χ0v) is 30.3. The van der Waals surface area contributed by atoms with Gasteiger partial charge in [-0.25, -0.2) is 39.1 Å². The number of aromatic nitrogens is 8. The highest BCUT2D eigenvalue weighted by Crippen LogP contribution is 2.59. The summed E-state index contributed by atoms with van der Waals surface area (Å²) < 4.78 is 44.1. The lowest BCUT2D eigenvalue weighted by Crippen LogP contribution is -2.51. The summed E-state index contributed by atoms with van der Waals surface area (Å²) in [5.74, 6) is -0.458. The Morgan fingerprint density at radius 2 is 1.48 bits per heavy atom. The van der Waals surface area contributed by atoms with Crippen molar-refractivity contribution >= 4 is 51.9 Å². The standard InChI is InChI=1S/C36H39FN10O7/c1-18(48)52-24-11-22(46-16-44-26-29(38-12-20-6-7-20)40-14-42-31(26)46)10-23(33(50)51-5)25(24)28-36(4,54-19(2)49)35(3,37)34(53-28)47-17-45-27-30(39-13-21-8-9-21)41-15-43-32(27)47/h10-11,14-17,20-21,28,34H,6-9,12-13H2,1-5H3,(H,38,40,42)(H,39,41,43)/t28-,34-,35+,36-/m1/s1. The Balaban J connectivity index is 1.27. The number of rotatable bonds is 12. The van der Waals surface area contributed by atoms with E-state index >= 15 is 4.39 Å². The third kappa shape index (κ3) is 6.13. The molecule has 54 heavy (non-hydrogen) atoms. The van der Waals surface area contributed by atoms with E-state index in [9.17, 15) is 14.4 Å². The van der Waals surface area contributed by atoms with Crippen molar-refractivity contribution in [3.8, 4) is 11.4 Å². The van der Waals surface area contributed by atoms with E-state index in [1.807, 2.05) is 0 Å². The number of hydrogen-bond donors (Lipinski definition) is 2. The van der Waals surface area contributed by atoms with Crippen molar-refractivity contribution in [3.05, 3.63) is 48.6 Å². The maximum atomic E-state index is 17.7. The fourth-order valence-electron chi connectivity index (χ4n) is 6.98. The van der Waals surface area contributed by atoms with Gasteiger partial charge in [0.2, 0.25) is 0 Å². The second kappa shape index (κ2) is 13.3. The Bertz CT molecular complexity index is 2300. The number of methoxy groups -OCH3 is 1. The van der Waals surface area contributed by atoms with Crippen molar-refractivity contribution in [1.82, 2.24) is 39.0 Å². The van der Waals surface area contributed by atoms with Gasteiger partial charge in [-0.1, -0.05) is 0 Å². The molecular formula is C36H39FN10O7. The molecule has 0 radical (unpaired) electrons. The number of alkyl halides is 1. The molecule has 1 aliphatic heterocycles. The summed E-state index contributed by atoms with van der Waals surface area (Å²) in [5.41, 5.74) is -3.05. The number of carbonyl (C=O) groups excluding carboxylic acids is 3. The number of halogens is 1. The van der Waals surface area contributed by atoms with Gasteiger partial charge in [-0.15, -0.1) is 0 Å². The van der Waals surface area contributed by atoms with Gasteiger partial charge in [-0.3, -0.25) is 18.7 Å². The molecule has 0 amide bonds. The first-order valence-corrected chi connectivity index (χ1v) is 17.7. The summed E-state index contributed by atoms with van der Waals surface area (Å²) in [6.07, 6.45) is 7.08. The summed E-state index contributed by atoms with van der Waals surface area (Å²) in [6.45, 7) is 6.36. The molecule has 2 N–H and O–H groups in total. The lowest BCUT2D eigenvalue weighted by molar-refractivity contribution is -0.174. The number of nitrogens with one attached hydrogen (secondary N) is 2. The van der Waals surface area contributed by atoms with Crippen LogP contribution in [-0.2, 0) is 23.8 Å². The van der Waals surface area contributed by atoms with Gasteiger partial charge < -0.3 is 29.6 Å². The van der Waals surface area contributed by atoms with Crippen molar-refractivity contribution in [1.29, 1.82) is 0 Å². The van der Waals surface area contributed by atoms with Crippen LogP contribution >= 0.6 is 0 Å². The Labute approximate surface area is 308 Å². The Hall–Kier alpha value is -5.78. The monoisotopic (exact) mass is 742 g/mol. The average Bonchev–Trinajstić information content (AvgIpc) is 4.05. The van der Waals surface area contributed by atoms with E-state index in [0.29, 0.717) is 52.4 Å². The van der Waals surface area contributed by atoms with Crippen LogP contribution in [0.4, 0.5) is 16.0 Å². The predicted molar refractivity (Wildman–Crippen MR) is 190 cm³/mol. The third-order valence-corrected chi connectivity index (χ3v) is 10.3. The van der Waals surface area contributed by atoms with Crippen LogP contribution in [0.3, 0.4) is 0 Å². The zero-order valence-electron chi connectivity index (χ0n) is 30.3. The Kier molecular flexibility index (Phi) is 8.66. The van der Waals surface area contributed by atoms with Crippen LogP contribution in [0.15, 0.2) is 37.4 Å². The van der Waals surface area contributed by atoms with Crippen molar-refractivity contribution in [3.63, 3.8) is 0 Å². The Morgan fingerprint density at radius 3 is 2.07 bits per heavy atom. The van der Waals surface area contributed by atoms with E-state index in [-0.39, 0.29) is 22.5 Å². The molecule has 17 nitrogen and oxygen atoms in total. The van der Waals surface area contributed by atoms with Crippen molar-refractivity contribution in [2.24, 2.45) is 11.8 Å². The van der Waals surface area contributed by atoms with E-state index in [1.165, 1.54) is 69.9 Å². The number of anilines is 2. The van der Waals surface area contributed by atoms with E-state index in [4.69, 9.17) is 18.9 Å². The molecule has 0 spiro atoms. The lowest BCUT2D eigenvalue weighted by atomic mass is 9.80. The molecule has 1 aromatic carbocycles. The number of fused-ring (bicyclic) bond motifs is 2. The summed E-state index contributed by atoms with van der Waals surface area (Å²) in [5, 5.41) is 6.63. The number of esters is 3. The molecule has 1 saturated heterocycles. The number of carbonyl (C=O) groups is 3. The highest BCUT2D eigenvalue weighted by atomic mass is 19.1. The minimum absolute atomic E-state index is 0.0902. The summed E-state index contributed by atoms with van der Waals surface area (Å²) in [6, 6.07) is 2.94. The molecule has 3 aliphatic rings. The molecule has 0 unspecified atom stereocenters. The van der Waals surface area contributed by atoms with Gasteiger partial charge in [0.1, 0.15) is 30.8 Å². The van der Waals surface area contributed by atoms with E-state index in [1.54, 1.807) is 4.57 Å². The van der Waals surface area contributed by atoms with Crippen molar-refractivity contribution < 1.29 is 37.7 Å². The van der Waals surface area contributed by atoms with Gasteiger partial charge >= 0.3 is 17.9 Å². The molecule has 282 valence electrons. The minimum Gasteiger partial charge on any atom is -0.465 e. The van der Waals surface area contributed by atoms with E-state index in [0.717, 1.165) is 39.2 Å². The fraction of sp³-hybridized carbons (Fsp3) is 0.472. The SMILES string of the molecule is COC(=O)c1cc(-n2cnc3c(NCC4CC4)ncnc32)cc(OC(C)=O)c1[C@H]1O[C@@H](n2cnc3c(NCC4CC4)ncnc32)[C@](C)(F)[C@]1(C)OC(C)=O. The van der Waals surface area contributed by atoms with Crippen LogP contribution in [0.2, 0.25) is 0 Å². The van der Waals surface area contributed by atoms with Gasteiger partial charge in [0.05, 0.1) is 24.7 Å². The molecule has 0 bridgehead atoms. The van der Waals surface area contributed by atoms with Gasteiger partial charge in [0.15, 0.2) is 51.5 Å². The minimum atomic E-state index is -2.51. The number of ether oxygens (including phenoxy) is 4. The molecule has 3 fully saturated rings. The lowest BCUT2D eigenvalue weighted by Gasteiger charge is -2.37. The average molecular weight is 743 g/mol. The maximum absolute atomic E-state index is 17.7. The normalized spacial score (nSPS) is 23.7.